The van der Waals surface area contributed by atoms with E-state index in [0.29, 0.717) is 6.42 Å². The largest absolute Gasteiger partial charge is 0.434 e. The van der Waals surface area contributed by atoms with E-state index in [-0.39, 0.29) is 34.2 Å². The van der Waals surface area contributed by atoms with Crippen molar-refractivity contribution in [3.05, 3.63) is 30.2 Å². The van der Waals surface area contributed by atoms with Gasteiger partial charge in [-0.3, -0.25) is 14.5 Å². The third-order valence-electron chi connectivity index (χ3n) is 3.02. The summed E-state index contributed by atoms with van der Waals surface area (Å²) in [4.78, 5) is 36.4. The first kappa shape index (κ1) is 13.7. The molecule has 1 unspecified atom stereocenters. The molecule has 2 aliphatic heterocycles. The van der Waals surface area contributed by atoms with Crippen LogP contribution in [0.4, 0.5) is 0 Å². The van der Waals surface area contributed by atoms with Gasteiger partial charge >= 0.3 is 5.97 Å². The van der Waals surface area contributed by atoms with E-state index < -0.39 is 5.97 Å². The maximum atomic E-state index is 12.2. The van der Waals surface area contributed by atoms with Crippen LogP contribution in [-0.4, -0.2) is 33.4 Å². The van der Waals surface area contributed by atoms with Crippen molar-refractivity contribution < 1.29 is 23.5 Å². The van der Waals surface area contributed by atoms with Crippen molar-refractivity contribution >= 4 is 29.5 Å². The molecule has 3 heterocycles. The van der Waals surface area contributed by atoms with Gasteiger partial charge in [-0.2, -0.15) is 0 Å². The lowest BCUT2D eigenvalue weighted by atomic mass is 10.1. The lowest BCUT2D eigenvalue weighted by Gasteiger charge is -2.44. The van der Waals surface area contributed by atoms with Crippen LogP contribution in [0.15, 0.2) is 34.6 Å². The zero-order chi connectivity index (χ0) is 15.0. The summed E-state index contributed by atoms with van der Waals surface area (Å²) in [5.74, 6) is -0.976. The molecule has 1 aromatic rings. The lowest BCUT2D eigenvalue weighted by Crippen LogP contribution is -2.56. The molecule has 0 spiro atoms. The number of ether oxygens (including phenoxy) is 1. The fourth-order valence-electron chi connectivity index (χ4n) is 2.13. The smallest absolute Gasteiger partial charge is 0.362 e. The number of rotatable bonds is 3. The standard InChI is InChI=1S/C13H12N2O5S/c1-7(16)14-9-5-8(15-10(17)6-11(15)21-9)13(18)20-12-3-2-4-19-12/h2-5,9,11H,6H2,1H3,(H,14,16)/t9?,11-/m1/s1. The molecule has 0 aromatic carbocycles. The highest BCUT2D eigenvalue weighted by atomic mass is 32.2. The van der Waals surface area contributed by atoms with Crippen molar-refractivity contribution in [2.45, 2.75) is 24.1 Å². The third-order valence-corrected chi connectivity index (χ3v) is 4.26. The van der Waals surface area contributed by atoms with E-state index in [9.17, 15) is 14.4 Å². The van der Waals surface area contributed by atoms with Gasteiger partial charge in [0.2, 0.25) is 11.8 Å². The molecule has 2 atom stereocenters. The second-order valence-corrected chi connectivity index (χ2v) is 5.88. The summed E-state index contributed by atoms with van der Waals surface area (Å²) in [6.45, 7) is 1.40. The van der Waals surface area contributed by atoms with E-state index in [2.05, 4.69) is 5.32 Å². The highest BCUT2D eigenvalue weighted by molar-refractivity contribution is 8.00. The van der Waals surface area contributed by atoms with E-state index in [0.717, 1.165) is 0 Å². The van der Waals surface area contributed by atoms with Crippen LogP contribution in [0.25, 0.3) is 0 Å². The van der Waals surface area contributed by atoms with Gasteiger partial charge in [0.1, 0.15) is 5.70 Å². The van der Waals surface area contributed by atoms with E-state index in [1.54, 1.807) is 6.07 Å². The number of hydrogen-bond donors (Lipinski definition) is 1. The normalized spacial score (nSPS) is 23.8. The Morgan fingerprint density at radius 3 is 2.95 bits per heavy atom. The summed E-state index contributed by atoms with van der Waals surface area (Å²) >= 11 is 1.41. The summed E-state index contributed by atoms with van der Waals surface area (Å²) in [5, 5.41) is 2.18. The van der Waals surface area contributed by atoms with Crippen molar-refractivity contribution in [2.24, 2.45) is 0 Å². The Balaban J connectivity index is 1.81. The molecule has 21 heavy (non-hydrogen) atoms. The second-order valence-electron chi connectivity index (χ2n) is 4.55. The Hall–Kier alpha value is -2.22. The number of nitrogens with zero attached hydrogens (tertiary/aromatic N) is 1. The topological polar surface area (TPSA) is 88.8 Å². The number of β-lactam (4-membered cyclic amide) rings is 1. The van der Waals surface area contributed by atoms with Crippen LogP contribution in [0.1, 0.15) is 13.3 Å². The molecule has 110 valence electrons. The molecule has 3 rings (SSSR count). The van der Waals surface area contributed by atoms with E-state index in [4.69, 9.17) is 9.15 Å². The molecular weight excluding hydrogens is 296 g/mol. The van der Waals surface area contributed by atoms with Crippen LogP contribution in [-0.2, 0) is 14.4 Å². The summed E-state index contributed by atoms with van der Waals surface area (Å²) in [7, 11) is 0. The van der Waals surface area contributed by atoms with Gasteiger partial charge in [-0.05, 0) is 12.1 Å². The van der Waals surface area contributed by atoms with Gasteiger partial charge in [0, 0.05) is 13.0 Å². The summed E-state index contributed by atoms with van der Waals surface area (Å²) < 4.78 is 10.0. The zero-order valence-corrected chi connectivity index (χ0v) is 11.9. The van der Waals surface area contributed by atoms with Crippen LogP contribution in [0.2, 0.25) is 0 Å². The van der Waals surface area contributed by atoms with Gasteiger partial charge in [0.15, 0.2) is 0 Å². The SMILES string of the molecule is CC(=O)NC1C=C(C(=O)Oc2ccco2)N2C(=O)C[C@H]2S1. The number of carbonyl (C=O) groups is 3. The highest BCUT2D eigenvalue weighted by Gasteiger charge is 2.46. The van der Waals surface area contributed by atoms with Crippen molar-refractivity contribution in [3.8, 4) is 5.95 Å². The number of carbonyl (C=O) groups excluding carboxylic acids is 3. The fraction of sp³-hybridized carbons (Fsp3) is 0.308. The van der Waals surface area contributed by atoms with Gasteiger partial charge in [-0.25, -0.2) is 4.79 Å². The van der Waals surface area contributed by atoms with Gasteiger partial charge in [-0.15, -0.1) is 11.8 Å². The van der Waals surface area contributed by atoms with E-state index in [1.165, 1.54) is 42.0 Å². The molecule has 2 aliphatic rings. The fourth-order valence-corrected chi connectivity index (χ4v) is 3.50. The van der Waals surface area contributed by atoms with Crippen molar-refractivity contribution in [1.82, 2.24) is 10.2 Å². The molecule has 8 heteroatoms. The molecule has 1 fully saturated rings. The third kappa shape index (κ3) is 2.66. The van der Waals surface area contributed by atoms with Gasteiger partial charge in [0.05, 0.1) is 23.4 Å². The molecular formula is C13H12N2O5S. The first-order valence-corrected chi connectivity index (χ1v) is 7.21. The van der Waals surface area contributed by atoms with Gasteiger partial charge < -0.3 is 14.5 Å². The minimum absolute atomic E-state index is 0.0553. The van der Waals surface area contributed by atoms with E-state index in [1.807, 2.05) is 0 Å². The lowest BCUT2D eigenvalue weighted by molar-refractivity contribution is -0.145. The number of thioether (sulfide) groups is 1. The predicted molar refractivity (Wildman–Crippen MR) is 72.9 cm³/mol. The quantitative estimate of drug-likeness (QED) is 0.657. The summed E-state index contributed by atoms with van der Waals surface area (Å²) in [6.07, 6.45) is 3.24. The molecule has 0 aliphatic carbocycles. The summed E-state index contributed by atoms with van der Waals surface area (Å²) in [5.41, 5.74) is 0.130. The predicted octanol–water partition coefficient (Wildman–Crippen LogP) is 0.836. The van der Waals surface area contributed by atoms with Crippen molar-refractivity contribution in [3.63, 3.8) is 0 Å². The molecule has 0 saturated carbocycles. The van der Waals surface area contributed by atoms with E-state index >= 15 is 0 Å². The van der Waals surface area contributed by atoms with Crippen molar-refractivity contribution in [1.29, 1.82) is 0 Å². The van der Waals surface area contributed by atoms with Crippen molar-refractivity contribution in [2.75, 3.05) is 0 Å². The monoisotopic (exact) mass is 308 g/mol. The number of furan rings is 1. The number of hydrogen-bond acceptors (Lipinski definition) is 6. The zero-order valence-electron chi connectivity index (χ0n) is 11.1. The Morgan fingerprint density at radius 2 is 2.33 bits per heavy atom. The number of amides is 2. The molecule has 1 saturated heterocycles. The maximum Gasteiger partial charge on any atom is 0.362 e. The van der Waals surface area contributed by atoms with Crippen LogP contribution in [0.5, 0.6) is 5.95 Å². The molecule has 7 nitrogen and oxygen atoms in total. The number of nitrogens with one attached hydrogen (secondary N) is 1. The molecule has 1 N–H and O–H groups in total. The Morgan fingerprint density at radius 1 is 1.52 bits per heavy atom. The van der Waals surface area contributed by atoms with Crippen LogP contribution in [0, 0.1) is 0 Å². The van der Waals surface area contributed by atoms with Gasteiger partial charge in [0.25, 0.3) is 5.95 Å². The first-order chi connectivity index (χ1) is 10.0. The van der Waals surface area contributed by atoms with Gasteiger partial charge in [-0.1, -0.05) is 0 Å². The molecule has 0 radical (unpaired) electrons. The van der Waals surface area contributed by atoms with Crippen LogP contribution in [0.3, 0.4) is 0 Å². The maximum absolute atomic E-state index is 12.2. The number of fused-ring (bicyclic) bond motifs is 1. The highest BCUT2D eigenvalue weighted by Crippen LogP contribution is 2.40. The molecule has 1 aromatic heterocycles. The minimum Gasteiger partial charge on any atom is -0.434 e. The molecule has 0 bridgehead atoms. The summed E-state index contributed by atoms with van der Waals surface area (Å²) in [6, 6.07) is 3.09. The van der Waals surface area contributed by atoms with Crippen LogP contribution >= 0.6 is 11.8 Å². The minimum atomic E-state index is -0.682. The Kier molecular flexibility index (Phi) is 3.46. The second kappa shape index (κ2) is 5.28. The first-order valence-electron chi connectivity index (χ1n) is 6.27. The molecule has 2 amide bonds. The average Bonchev–Trinajstić information content (AvgIpc) is 2.89. The average molecular weight is 308 g/mol. The number of esters is 1. The van der Waals surface area contributed by atoms with Crippen LogP contribution < -0.4 is 10.1 Å². The Labute approximate surface area is 124 Å². The Bertz CT molecular complexity index is 625.